The molecule has 0 fully saturated rings. The minimum atomic E-state index is -0.840. The molecule has 15 heavy (non-hydrogen) atoms. The van der Waals surface area contributed by atoms with Crippen molar-refractivity contribution in [1.29, 1.82) is 0 Å². The molecule has 82 valence electrons. The molecule has 0 amide bonds. The van der Waals surface area contributed by atoms with E-state index in [2.05, 4.69) is 6.92 Å². The van der Waals surface area contributed by atoms with Crippen LogP contribution in [0, 0.1) is 0 Å². The fourth-order valence-corrected chi connectivity index (χ4v) is 1.32. The van der Waals surface area contributed by atoms with Gasteiger partial charge in [-0.2, -0.15) is 0 Å². The Hall–Kier alpha value is -1.51. The van der Waals surface area contributed by atoms with Crippen LogP contribution < -0.4 is 4.74 Å². The lowest BCUT2D eigenvalue weighted by Gasteiger charge is -2.12. The summed E-state index contributed by atoms with van der Waals surface area (Å²) in [5.74, 6) is -0.117. The quantitative estimate of drug-likeness (QED) is 0.808. The maximum absolute atomic E-state index is 10.4. The molecule has 0 bridgehead atoms. The average molecular weight is 208 g/mol. The number of carbonyl (C=O) groups is 1. The van der Waals surface area contributed by atoms with Gasteiger partial charge in [0, 0.05) is 0 Å². The molecule has 0 aliphatic rings. The second kappa shape index (κ2) is 5.39. The second-order valence-corrected chi connectivity index (χ2v) is 3.52. The largest absolute Gasteiger partial charge is 0.490 e. The van der Waals surface area contributed by atoms with Crippen LogP contribution in [0.15, 0.2) is 24.3 Å². The summed E-state index contributed by atoms with van der Waals surface area (Å²) in [6.07, 6.45) is 0.718. The van der Waals surface area contributed by atoms with Crippen molar-refractivity contribution in [2.45, 2.75) is 32.8 Å². The number of hydrogen-bond acceptors (Lipinski definition) is 2. The molecule has 0 saturated carbocycles. The standard InChI is InChI=1S/C12H16O3/c1-3-10-4-6-11(7-5-10)15-9(2)8-12(13)14/h4-7,9H,3,8H2,1-2H3,(H,13,14)/t9-/m1/s1. The first kappa shape index (κ1) is 11.6. The number of rotatable bonds is 5. The molecule has 0 radical (unpaired) electrons. The van der Waals surface area contributed by atoms with E-state index in [1.807, 2.05) is 24.3 Å². The molecule has 1 rings (SSSR count). The van der Waals surface area contributed by atoms with Crippen molar-refractivity contribution in [3.8, 4) is 5.75 Å². The van der Waals surface area contributed by atoms with Gasteiger partial charge in [-0.15, -0.1) is 0 Å². The Bertz CT molecular complexity index is 316. The van der Waals surface area contributed by atoms with E-state index in [4.69, 9.17) is 9.84 Å². The van der Waals surface area contributed by atoms with Crippen molar-refractivity contribution in [3.05, 3.63) is 29.8 Å². The van der Waals surface area contributed by atoms with Crippen LogP contribution >= 0.6 is 0 Å². The van der Waals surface area contributed by atoms with Crippen molar-refractivity contribution >= 4 is 5.97 Å². The zero-order valence-electron chi connectivity index (χ0n) is 9.06. The number of carboxylic acids is 1. The maximum Gasteiger partial charge on any atom is 0.307 e. The van der Waals surface area contributed by atoms with Crippen molar-refractivity contribution in [2.75, 3.05) is 0 Å². The molecule has 3 heteroatoms. The highest BCUT2D eigenvalue weighted by molar-refractivity contribution is 5.67. The molecule has 0 unspecified atom stereocenters. The van der Waals surface area contributed by atoms with Gasteiger partial charge in [0.15, 0.2) is 0 Å². The van der Waals surface area contributed by atoms with E-state index in [9.17, 15) is 4.79 Å². The van der Waals surface area contributed by atoms with E-state index in [-0.39, 0.29) is 12.5 Å². The second-order valence-electron chi connectivity index (χ2n) is 3.52. The normalized spacial score (nSPS) is 12.1. The van der Waals surface area contributed by atoms with Crippen LogP contribution in [0.5, 0.6) is 5.75 Å². The molecule has 0 aliphatic heterocycles. The van der Waals surface area contributed by atoms with Crippen LogP contribution in [0.2, 0.25) is 0 Å². The van der Waals surface area contributed by atoms with E-state index in [1.54, 1.807) is 6.92 Å². The SMILES string of the molecule is CCc1ccc(O[C@H](C)CC(=O)O)cc1. The van der Waals surface area contributed by atoms with Gasteiger partial charge in [0.05, 0.1) is 6.42 Å². The number of ether oxygens (including phenoxy) is 1. The third kappa shape index (κ3) is 4.02. The Kier molecular flexibility index (Phi) is 4.16. The predicted molar refractivity (Wildman–Crippen MR) is 58.2 cm³/mol. The number of aryl methyl sites for hydroxylation is 1. The summed E-state index contributed by atoms with van der Waals surface area (Å²) in [5, 5.41) is 8.56. The molecule has 1 N–H and O–H groups in total. The van der Waals surface area contributed by atoms with E-state index >= 15 is 0 Å². The lowest BCUT2D eigenvalue weighted by molar-refractivity contribution is -0.138. The maximum atomic E-state index is 10.4. The highest BCUT2D eigenvalue weighted by Crippen LogP contribution is 2.15. The molecule has 0 heterocycles. The summed E-state index contributed by atoms with van der Waals surface area (Å²) in [7, 11) is 0. The number of hydrogen-bond donors (Lipinski definition) is 1. The highest BCUT2D eigenvalue weighted by atomic mass is 16.5. The Labute approximate surface area is 89.7 Å². The Morgan fingerprint density at radius 1 is 1.40 bits per heavy atom. The topological polar surface area (TPSA) is 46.5 Å². The van der Waals surface area contributed by atoms with Gasteiger partial charge in [-0.1, -0.05) is 19.1 Å². The summed E-state index contributed by atoms with van der Waals surface area (Å²) in [4.78, 5) is 10.4. The lowest BCUT2D eigenvalue weighted by atomic mass is 10.2. The summed E-state index contributed by atoms with van der Waals surface area (Å²) in [5.41, 5.74) is 1.24. The van der Waals surface area contributed by atoms with E-state index in [0.717, 1.165) is 12.2 Å². The first-order chi connectivity index (χ1) is 7.11. The van der Waals surface area contributed by atoms with Gasteiger partial charge in [0.1, 0.15) is 11.9 Å². The zero-order valence-corrected chi connectivity index (χ0v) is 9.06. The molecule has 1 atom stereocenters. The Morgan fingerprint density at radius 3 is 2.47 bits per heavy atom. The number of carboxylic acid groups (broad SMARTS) is 1. The molecule has 1 aromatic carbocycles. The molecule has 3 nitrogen and oxygen atoms in total. The minimum Gasteiger partial charge on any atom is -0.490 e. The predicted octanol–water partition coefficient (Wildman–Crippen LogP) is 2.49. The summed E-state index contributed by atoms with van der Waals surface area (Å²) in [6.45, 7) is 3.84. The lowest BCUT2D eigenvalue weighted by Crippen LogP contribution is -2.16. The Morgan fingerprint density at radius 2 is 2.00 bits per heavy atom. The van der Waals surface area contributed by atoms with Crippen LogP contribution in [-0.2, 0) is 11.2 Å². The molecule has 0 saturated heterocycles. The molecule has 1 aromatic rings. The van der Waals surface area contributed by atoms with Gasteiger partial charge < -0.3 is 9.84 Å². The highest BCUT2D eigenvalue weighted by Gasteiger charge is 2.08. The van der Waals surface area contributed by atoms with Gasteiger partial charge in [0.25, 0.3) is 0 Å². The van der Waals surface area contributed by atoms with Crippen LogP contribution in [-0.4, -0.2) is 17.2 Å². The van der Waals surface area contributed by atoms with Crippen LogP contribution in [0.3, 0.4) is 0 Å². The number of benzene rings is 1. The van der Waals surface area contributed by atoms with E-state index in [0.29, 0.717) is 0 Å². The van der Waals surface area contributed by atoms with Crippen LogP contribution in [0.1, 0.15) is 25.8 Å². The average Bonchev–Trinajstić information content (AvgIpc) is 2.17. The van der Waals surface area contributed by atoms with Crippen molar-refractivity contribution in [1.82, 2.24) is 0 Å². The van der Waals surface area contributed by atoms with Gasteiger partial charge in [-0.05, 0) is 31.0 Å². The molecular weight excluding hydrogens is 192 g/mol. The van der Waals surface area contributed by atoms with E-state index < -0.39 is 5.97 Å². The van der Waals surface area contributed by atoms with Gasteiger partial charge in [-0.3, -0.25) is 4.79 Å². The zero-order chi connectivity index (χ0) is 11.3. The van der Waals surface area contributed by atoms with Gasteiger partial charge in [-0.25, -0.2) is 0 Å². The summed E-state index contributed by atoms with van der Waals surface area (Å²) >= 11 is 0. The van der Waals surface area contributed by atoms with E-state index in [1.165, 1.54) is 5.56 Å². The smallest absolute Gasteiger partial charge is 0.307 e. The third-order valence-electron chi connectivity index (χ3n) is 2.13. The fourth-order valence-electron chi connectivity index (χ4n) is 1.32. The molecule has 0 spiro atoms. The van der Waals surface area contributed by atoms with Gasteiger partial charge >= 0.3 is 5.97 Å². The first-order valence-corrected chi connectivity index (χ1v) is 5.09. The Balaban J connectivity index is 2.53. The van der Waals surface area contributed by atoms with Crippen LogP contribution in [0.4, 0.5) is 0 Å². The minimum absolute atomic E-state index is 0.0233. The number of aliphatic carboxylic acids is 1. The summed E-state index contributed by atoms with van der Waals surface area (Å²) < 4.78 is 5.44. The van der Waals surface area contributed by atoms with Crippen molar-refractivity contribution < 1.29 is 14.6 Å². The van der Waals surface area contributed by atoms with Gasteiger partial charge in [0.2, 0.25) is 0 Å². The fraction of sp³-hybridized carbons (Fsp3) is 0.417. The van der Waals surface area contributed by atoms with Crippen molar-refractivity contribution in [2.24, 2.45) is 0 Å². The molecule has 0 aliphatic carbocycles. The first-order valence-electron chi connectivity index (χ1n) is 5.09. The third-order valence-corrected chi connectivity index (χ3v) is 2.13. The monoisotopic (exact) mass is 208 g/mol. The van der Waals surface area contributed by atoms with Crippen LogP contribution in [0.25, 0.3) is 0 Å². The molecular formula is C12H16O3. The summed E-state index contributed by atoms with van der Waals surface area (Å²) in [6, 6.07) is 7.72. The molecule has 0 aromatic heterocycles. The van der Waals surface area contributed by atoms with Crippen molar-refractivity contribution in [3.63, 3.8) is 0 Å².